The molecule has 0 rings (SSSR count). The van der Waals surface area contributed by atoms with Crippen LogP contribution in [0.25, 0.3) is 0 Å². The first kappa shape index (κ1) is 18.2. The second-order valence-electron chi connectivity index (χ2n) is 3.72. The largest absolute Gasteiger partial charge is 0.480 e. The van der Waals surface area contributed by atoms with Crippen molar-refractivity contribution in [2.75, 3.05) is 12.3 Å². The third-order valence-electron chi connectivity index (χ3n) is 2.13. The molecule has 0 aliphatic rings. The summed E-state index contributed by atoms with van der Waals surface area (Å²) in [6.07, 6.45) is -0.847. The van der Waals surface area contributed by atoms with Crippen molar-refractivity contribution < 1.29 is 29.0 Å². The molecule has 0 heterocycles. The van der Waals surface area contributed by atoms with Gasteiger partial charge in [0.1, 0.15) is 12.6 Å². The molecule has 0 spiro atoms. The smallest absolute Gasteiger partial charge is 0.322 e. The second-order valence-corrected chi connectivity index (χ2v) is 4.09. The fraction of sp³-hybridized carbons (Fsp3) is 0.600. The van der Waals surface area contributed by atoms with Crippen molar-refractivity contribution in [1.82, 2.24) is 10.6 Å². The first-order chi connectivity index (χ1) is 9.40. The molecule has 0 radical (unpaired) electrons. The van der Waals surface area contributed by atoms with E-state index >= 15 is 0 Å². The SMILES string of the molecule is N[C@@H](CCC(=O)N[C@@H](CS)C(=O)NCC(=O)O)OC=O. The summed E-state index contributed by atoms with van der Waals surface area (Å²) in [7, 11) is 0. The predicted molar refractivity (Wildman–Crippen MR) is 70.8 cm³/mol. The van der Waals surface area contributed by atoms with E-state index in [0.717, 1.165) is 0 Å². The quantitative estimate of drug-likeness (QED) is 0.175. The number of carbonyl (C=O) groups excluding carboxylic acids is 3. The van der Waals surface area contributed by atoms with Crippen LogP contribution in [0.15, 0.2) is 0 Å². The molecule has 114 valence electrons. The third kappa shape index (κ3) is 8.32. The molecule has 0 bridgehead atoms. The van der Waals surface area contributed by atoms with E-state index in [1.807, 2.05) is 0 Å². The monoisotopic (exact) mass is 307 g/mol. The molecule has 0 aromatic heterocycles. The highest BCUT2D eigenvalue weighted by molar-refractivity contribution is 7.80. The number of amides is 2. The molecule has 20 heavy (non-hydrogen) atoms. The van der Waals surface area contributed by atoms with Gasteiger partial charge in [-0.2, -0.15) is 12.6 Å². The molecule has 0 aliphatic carbocycles. The highest BCUT2D eigenvalue weighted by atomic mass is 32.1. The summed E-state index contributed by atoms with van der Waals surface area (Å²) in [6, 6.07) is -0.951. The topological polar surface area (TPSA) is 148 Å². The number of nitrogens with one attached hydrogen (secondary N) is 2. The zero-order valence-corrected chi connectivity index (χ0v) is 11.5. The highest BCUT2D eigenvalue weighted by Crippen LogP contribution is 1.97. The number of hydrogen-bond donors (Lipinski definition) is 5. The summed E-state index contributed by atoms with van der Waals surface area (Å²) in [5.74, 6) is -2.32. The lowest BCUT2D eigenvalue weighted by Gasteiger charge is -2.16. The van der Waals surface area contributed by atoms with Crippen molar-refractivity contribution in [3.8, 4) is 0 Å². The lowest BCUT2D eigenvalue weighted by molar-refractivity contribution is -0.138. The Bertz CT molecular complexity index is 365. The lowest BCUT2D eigenvalue weighted by Crippen LogP contribution is -2.49. The fourth-order valence-electron chi connectivity index (χ4n) is 1.16. The van der Waals surface area contributed by atoms with Crippen molar-refractivity contribution in [2.45, 2.75) is 25.1 Å². The van der Waals surface area contributed by atoms with Crippen LogP contribution in [-0.2, 0) is 23.9 Å². The number of nitrogens with two attached hydrogens (primary N) is 1. The van der Waals surface area contributed by atoms with E-state index in [4.69, 9.17) is 10.8 Å². The second kappa shape index (κ2) is 10.0. The van der Waals surface area contributed by atoms with Crippen LogP contribution in [0.4, 0.5) is 0 Å². The summed E-state index contributed by atoms with van der Waals surface area (Å²) in [6.45, 7) is -0.366. The normalized spacial score (nSPS) is 12.9. The molecule has 2 atom stereocenters. The first-order valence-electron chi connectivity index (χ1n) is 5.65. The van der Waals surface area contributed by atoms with Crippen LogP contribution in [0.1, 0.15) is 12.8 Å². The van der Waals surface area contributed by atoms with Crippen LogP contribution in [0.2, 0.25) is 0 Å². The van der Waals surface area contributed by atoms with Crippen LogP contribution in [0, 0.1) is 0 Å². The zero-order chi connectivity index (χ0) is 15.5. The van der Waals surface area contributed by atoms with E-state index in [-0.39, 0.29) is 25.1 Å². The number of rotatable bonds is 10. The van der Waals surface area contributed by atoms with E-state index in [1.165, 1.54) is 0 Å². The Hall–Kier alpha value is -1.81. The van der Waals surface area contributed by atoms with Gasteiger partial charge < -0.3 is 20.5 Å². The van der Waals surface area contributed by atoms with Crippen LogP contribution in [0.3, 0.4) is 0 Å². The number of thiol groups is 1. The van der Waals surface area contributed by atoms with Crippen molar-refractivity contribution in [3.05, 3.63) is 0 Å². The zero-order valence-electron chi connectivity index (χ0n) is 10.6. The summed E-state index contributed by atoms with van der Waals surface area (Å²) in [4.78, 5) is 43.3. The summed E-state index contributed by atoms with van der Waals surface area (Å²) < 4.78 is 4.39. The molecule has 0 fully saturated rings. The van der Waals surface area contributed by atoms with Crippen molar-refractivity contribution in [2.24, 2.45) is 5.73 Å². The minimum atomic E-state index is -1.19. The molecule has 5 N–H and O–H groups in total. The maximum absolute atomic E-state index is 11.5. The van der Waals surface area contributed by atoms with Gasteiger partial charge in [-0.15, -0.1) is 0 Å². The van der Waals surface area contributed by atoms with E-state index in [2.05, 4.69) is 28.0 Å². The summed E-state index contributed by atoms with van der Waals surface area (Å²) >= 11 is 3.90. The minimum absolute atomic E-state index is 0.00802. The molecule has 0 aromatic carbocycles. The van der Waals surface area contributed by atoms with Gasteiger partial charge in [-0.05, 0) is 0 Å². The molecule has 0 aromatic rings. The molecular weight excluding hydrogens is 290 g/mol. The van der Waals surface area contributed by atoms with Gasteiger partial charge in [0.2, 0.25) is 11.8 Å². The Morgan fingerprint density at radius 1 is 1.40 bits per heavy atom. The van der Waals surface area contributed by atoms with E-state index < -0.39 is 36.6 Å². The Kier molecular flexibility index (Phi) is 9.13. The van der Waals surface area contributed by atoms with Gasteiger partial charge in [-0.25, -0.2) is 0 Å². The molecule has 0 saturated heterocycles. The number of aliphatic carboxylic acids is 1. The maximum atomic E-state index is 11.5. The van der Waals surface area contributed by atoms with Crippen molar-refractivity contribution in [3.63, 3.8) is 0 Å². The van der Waals surface area contributed by atoms with Crippen LogP contribution in [0.5, 0.6) is 0 Å². The maximum Gasteiger partial charge on any atom is 0.322 e. The van der Waals surface area contributed by atoms with Crippen molar-refractivity contribution >= 4 is 36.9 Å². The van der Waals surface area contributed by atoms with E-state index in [1.54, 1.807) is 0 Å². The van der Waals surface area contributed by atoms with Crippen LogP contribution >= 0.6 is 12.6 Å². The molecule has 10 heteroatoms. The molecule has 0 unspecified atom stereocenters. The lowest BCUT2D eigenvalue weighted by atomic mass is 10.2. The fourth-order valence-corrected chi connectivity index (χ4v) is 1.42. The molecule has 2 amide bonds. The average molecular weight is 307 g/mol. The average Bonchev–Trinajstić information content (AvgIpc) is 2.40. The van der Waals surface area contributed by atoms with Crippen molar-refractivity contribution in [1.29, 1.82) is 0 Å². The van der Waals surface area contributed by atoms with Gasteiger partial charge in [-0.3, -0.25) is 24.9 Å². The van der Waals surface area contributed by atoms with Crippen LogP contribution < -0.4 is 16.4 Å². The first-order valence-corrected chi connectivity index (χ1v) is 6.28. The number of carboxylic acids is 1. The third-order valence-corrected chi connectivity index (χ3v) is 2.50. The van der Waals surface area contributed by atoms with Crippen LogP contribution in [-0.4, -0.2) is 53.9 Å². The van der Waals surface area contributed by atoms with E-state index in [0.29, 0.717) is 0 Å². The Morgan fingerprint density at radius 3 is 2.55 bits per heavy atom. The summed E-state index contributed by atoms with van der Waals surface area (Å²) in [5.41, 5.74) is 5.34. The Balaban J connectivity index is 4.14. The molecule has 0 saturated carbocycles. The van der Waals surface area contributed by atoms with Gasteiger partial charge in [-0.1, -0.05) is 0 Å². The Morgan fingerprint density at radius 2 is 2.05 bits per heavy atom. The summed E-state index contributed by atoms with van der Waals surface area (Å²) in [5, 5.41) is 12.9. The number of ether oxygens (including phenoxy) is 1. The highest BCUT2D eigenvalue weighted by Gasteiger charge is 2.20. The number of carboxylic acid groups (broad SMARTS) is 1. The molecule has 9 nitrogen and oxygen atoms in total. The van der Waals surface area contributed by atoms with Gasteiger partial charge in [0, 0.05) is 18.6 Å². The standard InChI is InChI=1S/C10H17N3O6S/c11-7(19-5-14)1-2-8(15)13-6(4-20)10(18)12-3-9(16)17/h5-7,20H,1-4,11H2,(H,12,18)(H,13,15)(H,16,17)/t6-,7+/m0/s1. The minimum Gasteiger partial charge on any atom is -0.480 e. The Labute approximate surface area is 120 Å². The van der Waals surface area contributed by atoms with Gasteiger partial charge in [0.15, 0.2) is 6.23 Å². The predicted octanol–water partition coefficient (Wildman–Crippen LogP) is -2.16. The van der Waals surface area contributed by atoms with Gasteiger partial charge >= 0.3 is 5.97 Å². The van der Waals surface area contributed by atoms with Gasteiger partial charge in [0.05, 0.1) is 0 Å². The molecular formula is C10H17N3O6S. The molecule has 0 aliphatic heterocycles. The number of hydrogen-bond acceptors (Lipinski definition) is 7. The number of carbonyl (C=O) groups is 4. The van der Waals surface area contributed by atoms with E-state index in [9.17, 15) is 19.2 Å². The van der Waals surface area contributed by atoms with Gasteiger partial charge in [0.25, 0.3) is 6.47 Å².